The fourth-order valence-electron chi connectivity index (χ4n) is 1.76. The molecule has 0 fully saturated rings. The first-order valence-electron chi connectivity index (χ1n) is 7.07. The highest BCUT2D eigenvalue weighted by atomic mass is 35.5. The van der Waals surface area contributed by atoms with E-state index in [-0.39, 0.29) is 10.8 Å². The van der Waals surface area contributed by atoms with Gasteiger partial charge in [0.2, 0.25) is 10.0 Å². The zero-order valence-corrected chi connectivity index (χ0v) is 15.5. The molecule has 0 saturated carbocycles. The van der Waals surface area contributed by atoms with E-state index in [1.165, 1.54) is 6.07 Å². The maximum absolute atomic E-state index is 12.0. The summed E-state index contributed by atoms with van der Waals surface area (Å²) in [6.45, 7) is 3.78. The first kappa shape index (κ1) is 19.2. The van der Waals surface area contributed by atoms with Crippen LogP contribution in [0.3, 0.4) is 0 Å². The molecular formula is C13H23ClN4O2S2. The summed E-state index contributed by atoms with van der Waals surface area (Å²) in [7, 11) is 0.184. The molecule has 1 heterocycles. The van der Waals surface area contributed by atoms with Gasteiger partial charge in [-0.05, 0) is 18.6 Å². The van der Waals surface area contributed by atoms with Crippen molar-refractivity contribution < 1.29 is 8.42 Å². The Bertz CT molecular complexity index is 587. The van der Waals surface area contributed by atoms with Crippen molar-refractivity contribution in [2.24, 2.45) is 4.99 Å². The van der Waals surface area contributed by atoms with E-state index >= 15 is 0 Å². The standard InChI is InChI=1S/C13H23ClN4O2S2/c1-4-5-10-18(3)13(15-2)16-8-9-17-22(19,20)12-7-6-11(14)21-12/h6-7,17H,4-5,8-10H2,1-3H3,(H,15,16). The van der Waals surface area contributed by atoms with Gasteiger partial charge in [0.1, 0.15) is 4.21 Å². The Morgan fingerprint density at radius 3 is 2.68 bits per heavy atom. The molecule has 126 valence electrons. The van der Waals surface area contributed by atoms with Gasteiger partial charge in [-0.2, -0.15) is 0 Å². The number of sulfonamides is 1. The predicted molar refractivity (Wildman–Crippen MR) is 93.4 cm³/mol. The SMILES string of the molecule is CCCCN(C)C(=NC)NCCNS(=O)(=O)c1ccc(Cl)s1. The van der Waals surface area contributed by atoms with Crippen LogP contribution in [-0.2, 0) is 10.0 Å². The monoisotopic (exact) mass is 366 g/mol. The molecule has 0 aliphatic heterocycles. The smallest absolute Gasteiger partial charge is 0.250 e. The average molecular weight is 367 g/mol. The first-order chi connectivity index (χ1) is 10.4. The summed E-state index contributed by atoms with van der Waals surface area (Å²) in [5.41, 5.74) is 0. The maximum atomic E-state index is 12.0. The van der Waals surface area contributed by atoms with Crippen LogP contribution in [0.2, 0.25) is 4.34 Å². The molecule has 0 aromatic carbocycles. The first-order valence-corrected chi connectivity index (χ1v) is 9.75. The third-order valence-electron chi connectivity index (χ3n) is 2.93. The minimum Gasteiger partial charge on any atom is -0.355 e. The molecule has 22 heavy (non-hydrogen) atoms. The van der Waals surface area contributed by atoms with E-state index in [1.807, 2.05) is 11.9 Å². The fraction of sp³-hybridized carbons (Fsp3) is 0.615. The number of nitrogens with zero attached hydrogens (tertiary/aromatic N) is 2. The van der Waals surface area contributed by atoms with Crippen molar-refractivity contribution in [3.05, 3.63) is 16.5 Å². The van der Waals surface area contributed by atoms with E-state index in [0.29, 0.717) is 10.9 Å². The Hall–Kier alpha value is -0.830. The summed E-state index contributed by atoms with van der Waals surface area (Å²) in [5.74, 6) is 0.756. The number of hydrogen-bond donors (Lipinski definition) is 2. The Kier molecular flexibility index (Phi) is 8.16. The van der Waals surface area contributed by atoms with Crippen LogP contribution in [0.25, 0.3) is 0 Å². The molecule has 1 aromatic heterocycles. The third kappa shape index (κ3) is 6.12. The summed E-state index contributed by atoms with van der Waals surface area (Å²) < 4.78 is 27.2. The van der Waals surface area contributed by atoms with Gasteiger partial charge in [-0.15, -0.1) is 11.3 Å². The quantitative estimate of drug-likeness (QED) is 0.419. The number of thiophene rings is 1. The number of guanidine groups is 1. The van der Waals surface area contributed by atoms with E-state index in [2.05, 4.69) is 22.0 Å². The molecule has 0 unspecified atom stereocenters. The summed E-state index contributed by atoms with van der Waals surface area (Å²) in [4.78, 5) is 6.20. The van der Waals surface area contributed by atoms with Gasteiger partial charge in [0, 0.05) is 33.7 Å². The van der Waals surface area contributed by atoms with E-state index < -0.39 is 10.0 Å². The van der Waals surface area contributed by atoms with Gasteiger partial charge in [-0.1, -0.05) is 24.9 Å². The lowest BCUT2D eigenvalue weighted by Crippen LogP contribution is -2.42. The van der Waals surface area contributed by atoms with Crippen molar-refractivity contribution in [1.82, 2.24) is 14.9 Å². The van der Waals surface area contributed by atoms with E-state index in [4.69, 9.17) is 11.6 Å². The van der Waals surface area contributed by atoms with Crippen molar-refractivity contribution in [3.63, 3.8) is 0 Å². The van der Waals surface area contributed by atoms with Crippen LogP contribution < -0.4 is 10.0 Å². The van der Waals surface area contributed by atoms with Crippen LogP contribution >= 0.6 is 22.9 Å². The van der Waals surface area contributed by atoms with Crippen molar-refractivity contribution in [1.29, 1.82) is 0 Å². The summed E-state index contributed by atoms with van der Waals surface area (Å²) in [6.07, 6.45) is 2.20. The molecule has 6 nitrogen and oxygen atoms in total. The molecule has 0 amide bonds. The van der Waals surface area contributed by atoms with Gasteiger partial charge in [0.25, 0.3) is 0 Å². The highest BCUT2D eigenvalue weighted by Gasteiger charge is 2.15. The topological polar surface area (TPSA) is 73.8 Å². The zero-order valence-electron chi connectivity index (χ0n) is 13.1. The molecule has 1 rings (SSSR count). The molecular weight excluding hydrogens is 344 g/mol. The number of aliphatic imine (C=N–C) groups is 1. The lowest BCUT2D eigenvalue weighted by Gasteiger charge is -2.21. The lowest BCUT2D eigenvalue weighted by atomic mass is 10.3. The molecule has 0 saturated heterocycles. The second kappa shape index (κ2) is 9.34. The molecule has 0 aliphatic rings. The normalized spacial score (nSPS) is 12.5. The molecule has 9 heteroatoms. The van der Waals surface area contributed by atoms with Gasteiger partial charge in [0.15, 0.2) is 5.96 Å². The number of hydrogen-bond acceptors (Lipinski definition) is 4. The molecule has 0 spiro atoms. The van der Waals surface area contributed by atoms with Crippen LogP contribution in [0.5, 0.6) is 0 Å². The molecule has 2 N–H and O–H groups in total. The summed E-state index contributed by atoms with van der Waals surface area (Å²) in [6, 6.07) is 3.07. The van der Waals surface area contributed by atoms with Crippen molar-refractivity contribution in [2.75, 3.05) is 33.7 Å². The highest BCUT2D eigenvalue weighted by Crippen LogP contribution is 2.25. The van der Waals surface area contributed by atoms with Crippen molar-refractivity contribution >= 4 is 38.9 Å². The van der Waals surface area contributed by atoms with Crippen molar-refractivity contribution in [2.45, 2.75) is 24.0 Å². The van der Waals surface area contributed by atoms with Gasteiger partial charge >= 0.3 is 0 Å². The van der Waals surface area contributed by atoms with Crippen LogP contribution in [0, 0.1) is 0 Å². The number of unbranched alkanes of at least 4 members (excludes halogenated alkanes) is 1. The lowest BCUT2D eigenvalue weighted by molar-refractivity contribution is 0.465. The molecule has 1 aromatic rings. The Labute approximate surface area is 141 Å². The zero-order chi connectivity index (χ0) is 16.6. The Balaban J connectivity index is 2.40. The van der Waals surface area contributed by atoms with Gasteiger partial charge in [-0.3, -0.25) is 4.99 Å². The maximum Gasteiger partial charge on any atom is 0.250 e. The van der Waals surface area contributed by atoms with E-state index in [0.717, 1.165) is 36.7 Å². The predicted octanol–water partition coefficient (Wildman–Crippen LogP) is 1.99. The minimum absolute atomic E-state index is 0.224. The second-order valence-electron chi connectivity index (χ2n) is 4.71. The van der Waals surface area contributed by atoms with Crippen molar-refractivity contribution in [3.8, 4) is 0 Å². The van der Waals surface area contributed by atoms with Crippen LogP contribution in [0.1, 0.15) is 19.8 Å². The Morgan fingerprint density at radius 2 is 2.14 bits per heavy atom. The number of nitrogens with one attached hydrogen (secondary N) is 2. The number of rotatable bonds is 8. The molecule has 0 aliphatic carbocycles. The second-order valence-corrected chi connectivity index (χ2v) is 8.41. The fourth-order valence-corrected chi connectivity index (χ4v) is 4.32. The molecule has 0 bridgehead atoms. The average Bonchev–Trinajstić information content (AvgIpc) is 2.92. The largest absolute Gasteiger partial charge is 0.355 e. The molecule has 0 radical (unpaired) electrons. The van der Waals surface area contributed by atoms with Crippen LogP contribution in [0.15, 0.2) is 21.3 Å². The van der Waals surface area contributed by atoms with Crippen LogP contribution in [-0.4, -0.2) is 53.0 Å². The minimum atomic E-state index is -3.49. The summed E-state index contributed by atoms with van der Waals surface area (Å²) in [5, 5.41) is 3.13. The number of halogens is 1. The van der Waals surface area contributed by atoms with Gasteiger partial charge in [0.05, 0.1) is 4.34 Å². The highest BCUT2D eigenvalue weighted by molar-refractivity contribution is 7.91. The van der Waals surface area contributed by atoms with Gasteiger partial charge in [-0.25, -0.2) is 13.1 Å². The van der Waals surface area contributed by atoms with Crippen LogP contribution in [0.4, 0.5) is 0 Å². The Morgan fingerprint density at radius 1 is 1.41 bits per heavy atom. The third-order valence-corrected chi connectivity index (χ3v) is 6.12. The molecule has 0 atom stereocenters. The van der Waals surface area contributed by atoms with E-state index in [1.54, 1.807) is 13.1 Å². The summed E-state index contributed by atoms with van der Waals surface area (Å²) >= 11 is 6.80. The van der Waals surface area contributed by atoms with Gasteiger partial charge < -0.3 is 10.2 Å². The van der Waals surface area contributed by atoms with E-state index in [9.17, 15) is 8.42 Å².